The summed E-state index contributed by atoms with van der Waals surface area (Å²) in [4.78, 5) is 4.69. The van der Waals surface area contributed by atoms with Crippen LogP contribution in [0, 0.1) is 0 Å². The Bertz CT molecular complexity index is 375. The van der Waals surface area contributed by atoms with Crippen molar-refractivity contribution >= 4 is 11.3 Å². The number of hydrogen-bond acceptors (Lipinski definition) is 3. The Labute approximate surface area is 141 Å². The van der Waals surface area contributed by atoms with E-state index in [9.17, 15) is 5.11 Å². The Kier molecular flexibility index (Phi) is 10.8. The lowest BCUT2D eigenvalue weighted by Gasteiger charge is -2.15. The van der Waals surface area contributed by atoms with Crippen LogP contribution in [0.25, 0.3) is 0 Å². The number of unbranched alkanes of at least 4 members (excludes halogenated alkanes) is 7. The lowest BCUT2D eigenvalue weighted by molar-refractivity contribution is 0.198. The van der Waals surface area contributed by atoms with E-state index in [1.807, 2.05) is 6.92 Å². The number of hydrogen-bond donors (Lipinski definition) is 1. The van der Waals surface area contributed by atoms with E-state index in [1.54, 1.807) is 11.3 Å². The van der Waals surface area contributed by atoms with Crippen molar-refractivity contribution < 1.29 is 5.11 Å². The molecule has 0 saturated heterocycles. The first-order valence-electron chi connectivity index (χ1n) is 9.32. The molecule has 22 heavy (non-hydrogen) atoms. The van der Waals surface area contributed by atoms with Gasteiger partial charge in [-0.05, 0) is 19.8 Å². The zero-order valence-corrected chi connectivity index (χ0v) is 15.6. The molecule has 0 aromatic carbocycles. The molecule has 2 nitrogen and oxygen atoms in total. The number of aromatic nitrogens is 1. The Morgan fingerprint density at radius 1 is 0.955 bits per heavy atom. The van der Waals surface area contributed by atoms with Gasteiger partial charge in [0, 0.05) is 11.3 Å². The second-order valence-electron chi connectivity index (χ2n) is 6.54. The maximum atomic E-state index is 9.69. The maximum Gasteiger partial charge on any atom is 0.121 e. The van der Waals surface area contributed by atoms with E-state index < -0.39 is 6.10 Å². The van der Waals surface area contributed by atoms with Gasteiger partial charge in [-0.3, -0.25) is 0 Å². The van der Waals surface area contributed by atoms with Crippen molar-refractivity contribution in [3.8, 4) is 0 Å². The topological polar surface area (TPSA) is 33.1 Å². The lowest BCUT2D eigenvalue weighted by atomic mass is 9.92. The van der Waals surface area contributed by atoms with Gasteiger partial charge in [-0.1, -0.05) is 71.6 Å². The summed E-state index contributed by atoms with van der Waals surface area (Å²) in [6, 6.07) is 0. The van der Waals surface area contributed by atoms with Gasteiger partial charge in [0.2, 0.25) is 0 Å². The smallest absolute Gasteiger partial charge is 0.121 e. The second kappa shape index (κ2) is 12.1. The first kappa shape index (κ1) is 19.6. The third-order valence-corrected chi connectivity index (χ3v) is 5.41. The van der Waals surface area contributed by atoms with Crippen molar-refractivity contribution in [2.45, 2.75) is 103 Å². The van der Waals surface area contributed by atoms with Crippen LogP contribution in [0.15, 0.2) is 5.38 Å². The molecule has 0 aliphatic rings. The van der Waals surface area contributed by atoms with Gasteiger partial charge in [0.1, 0.15) is 11.1 Å². The van der Waals surface area contributed by atoms with Crippen molar-refractivity contribution in [3.63, 3.8) is 0 Å². The van der Waals surface area contributed by atoms with Crippen LogP contribution in [0.3, 0.4) is 0 Å². The molecule has 0 radical (unpaired) electrons. The summed E-state index contributed by atoms with van der Waals surface area (Å²) in [6.07, 6.45) is 14.1. The molecule has 0 aliphatic carbocycles. The second-order valence-corrected chi connectivity index (χ2v) is 7.43. The fraction of sp³-hybridized carbons (Fsp3) is 0.842. The Morgan fingerprint density at radius 3 is 2.00 bits per heavy atom. The highest BCUT2D eigenvalue weighted by molar-refractivity contribution is 7.09. The molecule has 1 heterocycles. The summed E-state index contributed by atoms with van der Waals surface area (Å²) < 4.78 is 0. The van der Waals surface area contributed by atoms with E-state index in [4.69, 9.17) is 4.98 Å². The van der Waals surface area contributed by atoms with Gasteiger partial charge in [0.15, 0.2) is 0 Å². The van der Waals surface area contributed by atoms with Gasteiger partial charge in [0.25, 0.3) is 0 Å². The maximum absolute atomic E-state index is 9.69. The molecule has 1 aromatic heterocycles. The highest BCUT2D eigenvalue weighted by Gasteiger charge is 2.16. The molecule has 0 aliphatic heterocycles. The zero-order valence-electron chi connectivity index (χ0n) is 14.8. The molecule has 128 valence electrons. The summed E-state index contributed by atoms with van der Waals surface area (Å²) in [5, 5.41) is 12.7. The molecule has 1 rings (SSSR count). The Balaban J connectivity index is 2.48. The SMILES string of the molecule is CCCCCCCC(CCCCCC)c1csc(C(C)O)n1. The van der Waals surface area contributed by atoms with Crippen molar-refractivity contribution in [1.82, 2.24) is 4.98 Å². The minimum absolute atomic E-state index is 0.427. The van der Waals surface area contributed by atoms with E-state index in [-0.39, 0.29) is 0 Å². The monoisotopic (exact) mass is 325 g/mol. The van der Waals surface area contributed by atoms with Crippen molar-refractivity contribution in [3.05, 3.63) is 16.1 Å². The molecular formula is C19H35NOS. The first-order chi connectivity index (χ1) is 10.7. The first-order valence-corrected chi connectivity index (χ1v) is 10.2. The summed E-state index contributed by atoms with van der Waals surface area (Å²) >= 11 is 1.62. The normalized spacial score (nSPS) is 14.2. The van der Waals surface area contributed by atoms with Crippen LogP contribution >= 0.6 is 11.3 Å². The van der Waals surface area contributed by atoms with Crippen LogP contribution < -0.4 is 0 Å². The summed E-state index contributed by atoms with van der Waals surface area (Å²) in [5.41, 5.74) is 1.23. The zero-order chi connectivity index (χ0) is 16.2. The van der Waals surface area contributed by atoms with E-state index >= 15 is 0 Å². The summed E-state index contributed by atoms with van der Waals surface area (Å²) in [7, 11) is 0. The number of nitrogens with zero attached hydrogens (tertiary/aromatic N) is 1. The number of aliphatic hydroxyl groups excluding tert-OH is 1. The minimum Gasteiger partial charge on any atom is -0.386 e. The molecule has 2 unspecified atom stereocenters. The van der Waals surface area contributed by atoms with Crippen molar-refractivity contribution in [2.24, 2.45) is 0 Å². The van der Waals surface area contributed by atoms with Gasteiger partial charge in [-0.2, -0.15) is 0 Å². The molecule has 0 fully saturated rings. The van der Waals surface area contributed by atoms with E-state index in [2.05, 4.69) is 19.2 Å². The lowest BCUT2D eigenvalue weighted by Crippen LogP contribution is -2.01. The van der Waals surface area contributed by atoms with Gasteiger partial charge in [-0.25, -0.2) is 4.98 Å². The van der Waals surface area contributed by atoms with Crippen LogP contribution in [-0.2, 0) is 0 Å². The molecular weight excluding hydrogens is 290 g/mol. The largest absolute Gasteiger partial charge is 0.386 e. The molecule has 1 N–H and O–H groups in total. The summed E-state index contributed by atoms with van der Waals surface area (Å²) in [6.45, 7) is 6.34. The number of thiazole rings is 1. The predicted molar refractivity (Wildman–Crippen MR) is 97.6 cm³/mol. The van der Waals surface area contributed by atoms with E-state index in [1.165, 1.54) is 76.3 Å². The van der Waals surface area contributed by atoms with E-state index in [0.29, 0.717) is 5.92 Å². The minimum atomic E-state index is -0.427. The average Bonchev–Trinajstić information content (AvgIpc) is 2.99. The molecule has 0 bridgehead atoms. The van der Waals surface area contributed by atoms with Crippen LogP contribution in [0.1, 0.15) is 114 Å². The van der Waals surface area contributed by atoms with Gasteiger partial charge < -0.3 is 5.11 Å². The van der Waals surface area contributed by atoms with Crippen LogP contribution in [0.4, 0.5) is 0 Å². The molecule has 3 heteroatoms. The summed E-state index contributed by atoms with van der Waals surface area (Å²) in [5.74, 6) is 0.599. The quantitative estimate of drug-likeness (QED) is 0.414. The Hall–Kier alpha value is -0.410. The number of rotatable bonds is 13. The molecule has 0 amide bonds. The predicted octanol–water partition coefficient (Wildman–Crippen LogP) is 6.61. The fourth-order valence-electron chi connectivity index (χ4n) is 2.93. The molecule has 0 saturated carbocycles. The fourth-order valence-corrected chi connectivity index (χ4v) is 3.77. The van der Waals surface area contributed by atoms with Gasteiger partial charge in [-0.15, -0.1) is 11.3 Å². The highest BCUT2D eigenvalue weighted by atomic mass is 32.1. The van der Waals surface area contributed by atoms with E-state index in [0.717, 1.165) is 5.01 Å². The van der Waals surface area contributed by atoms with Crippen molar-refractivity contribution in [2.75, 3.05) is 0 Å². The molecule has 1 aromatic rings. The number of aliphatic hydroxyl groups is 1. The Morgan fingerprint density at radius 2 is 1.50 bits per heavy atom. The van der Waals surface area contributed by atoms with Crippen molar-refractivity contribution in [1.29, 1.82) is 0 Å². The van der Waals surface area contributed by atoms with Crippen LogP contribution in [0.5, 0.6) is 0 Å². The van der Waals surface area contributed by atoms with Gasteiger partial charge >= 0.3 is 0 Å². The third kappa shape index (κ3) is 7.73. The average molecular weight is 326 g/mol. The van der Waals surface area contributed by atoms with Crippen LogP contribution in [-0.4, -0.2) is 10.1 Å². The highest BCUT2D eigenvalue weighted by Crippen LogP contribution is 2.31. The molecule has 2 atom stereocenters. The third-order valence-electron chi connectivity index (χ3n) is 4.38. The molecule has 0 spiro atoms. The van der Waals surface area contributed by atoms with Gasteiger partial charge in [0.05, 0.1) is 5.69 Å². The van der Waals surface area contributed by atoms with Crippen LogP contribution in [0.2, 0.25) is 0 Å². The standard InChI is InChI=1S/C19H35NOS/c1-4-6-8-10-12-14-17(13-11-9-7-5-2)18-15-22-19(20-18)16(3)21/h15-17,21H,4-14H2,1-3H3.